The summed E-state index contributed by atoms with van der Waals surface area (Å²) in [6, 6.07) is 11.8. The fourth-order valence-corrected chi connectivity index (χ4v) is 3.63. The Bertz CT molecular complexity index is 1350. The van der Waals surface area contributed by atoms with Crippen LogP contribution in [0.25, 0.3) is 22.6 Å². The van der Waals surface area contributed by atoms with Gasteiger partial charge in [0.2, 0.25) is 0 Å². The van der Waals surface area contributed by atoms with Gasteiger partial charge in [0, 0.05) is 29.2 Å². The summed E-state index contributed by atoms with van der Waals surface area (Å²) in [5.41, 5.74) is 3.01. The molecule has 2 aromatic heterocycles. The number of nitrogens with one attached hydrogen (secondary N) is 1. The molecular weight excluding hydrogens is 394 g/mol. The molecular formula is C24H21N3O4. The number of para-hydroxylation sites is 1. The molecule has 2 aromatic carbocycles. The summed E-state index contributed by atoms with van der Waals surface area (Å²) in [6.45, 7) is 5.50. The van der Waals surface area contributed by atoms with Crippen LogP contribution in [0.2, 0.25) is 0 Å². The lowest BCUT2D eigenvalue weighted by Crippen LogP contribution is -2.14. The summed E-state index contributed by atoms with van der Waals surface area (Å²) in [5, 5.41) is 13.2. The first-order chi connectivity index (χ1) is 14.9. The van der Waals surface area contributed by atoms with E-state index in [2.05, 4.69) is 15.3 Å². The number of carboxylic acids is 1. The van der Waals surface area contributed by atoms with Crippen LogP contribution in [0.15, 0.2) is 64.1 Å². The number of aryl methyl sites for hydroxylation is 1. The molecule has 7 nitrogen and oxygen atoms in total. The van der Waals surface area contributed by atoms with Crippen molar-refractivity contribution in [2.45, 2.75) is 26.8 Å². The molecule has 1 unspecified atom stereocenters. The first-order valence-corrected chi connectivity index (χ1v) is 9.81. The van der Waals surface area contributed by atoms with Crippen LogP contribution in [-0.4, -0.2) is 21.0 Å². The van der Waals surface area contributed by atoms with Crippen molar-refractivity contribution in [1.29, 1.82) is 0 Å². The molecule has 0 spiro atoms. The summed E-state index contributed by atoms with van der Waals surface area (Å²) < 4.78 is 6.20. The molecule has 0 bridgehead atoms. The first-order valence-electron chi connectivity index (χ1n) is 9.81. The van der Waals surface area contributed by atoms with E-state index in [9.17, 15) is 14.7 Å². The summed E-state index contributed by atoms with van der Waals surface area (Å²) in [6.07, 6.45) is 3.18. The maximum absolute atomic E-state index is 13.1. The zero-order chi connectivity index (χ0) is 22.1. The predicted molar refractivity (Wildman–Crippen MR) is 118 cm³/mol. The molecule has 0 amide bonds. The Morgan fingerprint density at radius 3 is 2.52 bits per heavy atom. The van der Waals surface area contributed by atoms with E-state index in [1.54, 1.807) is 55.7 Å². The lowest BCUT2D eigenvalue weighted by Gasteiger charge is -2.19. The van der Waals surface area contributed by atoms with E-state index in [1.165, 1.54) is 0 Å². The van der Waals surface area contributed by atoms with E-state index in [1.807, 2.05) is 19.9 Å². The second kappa shape index (κ2) is 8.02. The minimum absolute atomic E-state index is 0.146. The second-order valence-electron chi connectivity index (χ2n) is 7.41. The number of rotatable bonds is 5. The molecule has 156 valence electrons. The minimum Gasteiger partial charge on any atom is -0.478 e. The third kappa shape index (κ3) is 3.77. The van der Waals surface area contributed by atoms with Gasteiger partial charge in [-0.15, -0.1) is 0 Å². The lowest BCUT2D eigenvalue weighted by molar-refractivity contribution is 0.0698. The fraction of sp³-hybridized carbons (Fsp3) is 0.167. The fourth-order valence-electron chi connectivity index (χ4n) is 3.63. The van der Waals surface area contributed by atoms with Gasteiger partial charge < -0.3 is 14.8 Å². The Morgan fingerprint density at radius 2 is 1.81 bits per heavy atom. The van der Waals surface area contributed by atoms with Crippen molar-refractivity contribution < 1.29 is 14.3 Å². The molecule has 0 radical (unpaired) electrons. The van der Waals surface area contributed by atoms with Crippen molar-refractivity contribution in [2.75, 3.05) is 5.32 Å². The van der Waals surface area contributed by atoms with E-state index in [0.717, 1.165) is 11.1 Å². The molecule has 0 aliphatic rings. The summed E-state index contributed by atoms with van der Waals surface area (Å²) in [5.74, 6) is -0.362. The molecule has 0 fully saturated rings. The van der Waals surface area contributed by atoms with Crippen LogP contribution in [0, 0.1) is 13.8 Å². The van der Waals surface area contributed by atoms with Crippen molar-refractivity contribution in [3.05, 3.63) is 87.3 Å². The average Bonchev–Trinajstić information content (AvgIpc) is 2.77. The number of benzene rings is 2. The van der Waals surface area contributed by atoms with Gasteiger partial charge >= 0.3 is 5.97 Å². The molecule has 31 heavy (non-hydrogen) atoms. The number of aromatic carboxylic acids is 1. The Hall–Kier alpha value is -4.00. The SMILES string of the molecule is Cc1cc(C(C)Nc2ccccc2C(=O)O)c2oc(-c3ncccn3)c(C)c(=O)c2c1. The minimum atomic E-state index is -1.02. The molecule has 4 aromatic rings. The highest BCUT2D eigenvalue weighted by molar-refractivity contribution is 5.94. The van der Waals surface area contributed by atoms with Gasteiger partial charge in [0.05, 0.1) is 17.0 Å². The highest BCUT2D eigenvalue weighted by Gasteiger charge is 2.21. The molecule has 7 heteroatoms. The summed E-state index contributed by atoms with van der Waals surface area (Å²) in [4.78, 5) is 33.2. The quantitative estimate of drug-likeness (QED) is 0.485. The van der Waals surface area contributed by atoms with Crippen molar-refractivity contribution in [1.82, 2.24) is 9.97 Å². The second-order valence-corrected chi connectivity index (χ2v) is 7.41. The van der Waals surface area contributed by atoms with Crippen LogP contribution in [0.5, 0.6) is 0 Å². The van der Waals surface area contributed by atoms with Gasteiger partial charge in [0.1, 0.15) is 5.58 Å². The zero-order valence-electron chi connectivity index (χ0n) is 17.3. The molecule has 1 atom stereocenters. The maximum atomic E-state index is 13.1. The predicted octanol–water partition coefficient (Wildman–Crippen LogP) is 4.74. The van der Waals surface area contributed by atoms with Crippen LogP contribution in [0.4, 0.5) is 5.69 Å². The Morgan fingerprint density at radius 1 is 1.10 bits per heavy atom. The Kier molecular flexibility index (Phi) is 5.25. The zero-order valence-corrected chi connectivity index (χ0v) is 17.3. The molecule has 2 N–H and O–H groups in total. The maximum Gasteiger partial charge on any atom is 0.337 e. The van der Waals surface area contributed by atoms with E-state index in [4.69, 9.17) is 4.42 Å². The molecule has 0 saturated carbocycles. The largest absolute Gasteiger partial charge is 0.478 e. The van der Waals surface area contributed by atoms with E-state index < -0.39 is 5.97 Å². The molecule has 0 saturated heterocycles. The number of hydrogen-bond donors (Lipinski definition) is 2. The van der Waals surface area contributed by atoms with Gasteiger partial charge in [0.15, 0.2) is 17.0 Å². The number of carboxylic acid groups (broad SMARTS) is 1. The number of hydrogen-bond acceptors (Lipinski definition) is 6. The van der Waals surface area contributed by atoms with E-state index in [0.29, 0.717) is 33.8 Å². The van der Waals surface area contributed by atoms with E-state index >= 15 is 0 Å². The number of anilines is 1. The number of carbonyl (C=O) groups is 1. The monoisotopic (exact) mass is 415 g/mol. The highest BCUT2D eigenvalue weighted by Crippen LogP contribution is 2.31. The van der Waals surface area contributed by atoms with Gasteiger partial charge in [-0.1, -0.05) is 18.2 Å². The smallest absolute Gasteiger partial charge is 0.337 e. The third-order valence-electron chi connectivity index (χ3n) is 5.16. The number of nitrogens with zero attached hydrogens (tertiary/aromatic N) is 2. The van der Waals surface area contributed by atoms with Gasteiger partial charge in [-0.05, 0) is 50.6 Å². The molecule has 2 heterocycles. The van der Waals surface area contributed by atoms with Crippen LogP contribution in [-0.2, 0) is 0 Å². The first kappa shape index (κ1) is 20.3. The van der Waals surface area contributed by atoms with Crippen molar-refractivity contribution in [3.8, 4) is 11.6 Å². The van der Waals surface area contributed by atoms with Crippen molar-refractivity contribution in [2.24, 2.45) is 0 Å². The Labute approximate surface area is 178 Å². The number of aromatic nitrogens is 2. The third-order valence-corrected chi connectivity index (χ3v) is 5.16. The highest BCUT2D eigenvalue weighted by atomic mass is 16.4. The molecule has 0 aliphatic heterocycles. The van der Waals surface area contributed by atoms with Crippen LogP contribution < -0.4 is 10.7 Å². The van der Waals surface area contributed by atoms with Gasteiger partial charge in [-0.2, -0.15) is 0 Å². The van der Waals surface area contributed by atoms with Crippen LogP contribution in [0.3, 0.4) is 0 Å². The van der Waals surface area contributed by atoms with Gasteiger partial charge in [0.25, 0.3) is 0 Å². The van der Waals surface area contributed by atoms with Gasteiger partial charge in [-0.25, -0.2) is 14.8 Å². The van der Waals surface area contributed by atoms with Crippen molar-refractivity contribution >= 4 is 22.6 Å². The standard InChI is InChI=1S/C24H21N3O4/c1-13-11-17(15(3)27-19-8-5-4-7-16(19)24(29)30)22-18(12-13)20(28)14(2)21(31-22)23-25-9-6-10-26-23/h4-12,15,27H,1-3H3,(H,29,30). The average molecular weight is 415 g/mol. The van der Waals surface area contributed by atoms with E-state index in [-0.39, 0.29) is 17.0 Å². The van der Waals surface area contributed by atoms with Crippen LogP contribution >= 0.6 is 0 Å². The molecule has 4 rings (SSSR count). The van der Waals surface area contributed by atoms with Crippen molar-refractivity contribution in [3.63, 3.8) is 0 Å². The lowest BCUT2D eigenvalue weighted by atomic mass is 9.99. The Balaban J connectivity index is 1.89. The topological polar surface area (TPSA) is 105 Å². The normalized spacial score (nSPS) is 12.0. The number of fused-ring (bicyclic) bond motifs is 1. The molecule has 0 aliphatic carbocycles. The summed E-state index contributed by atoms with van der Waals surface area (Å²) in [7, 11) is 0. The van der Waals surface area contributed by atoms with Gasteiger partial charge in [-0.3, -0.25) is 4.79 Å². The summed E-state index contributed by atoms with van der Waals surface area (Å²) >= 11 is 0. The van der Waals surface area contributed by atoms with Crippen LogP contribution in [0.1, 0.15) is 40.0 Å².